The minimum absolute atomic E-state index is 0.0428. The number of nitrogens with zero attached hydrogens (tertiary/aromatic N) is 2. The lowest BCUT2D eigenvalue weighted by atomic mass is 10.1. The normalized spacial score (nSPS) is 17.6. The van der Waals surface area contributed by atoms with Crippen LogP contribution in [0.5, 0.6) is 0 Å². The van der Waals surface area contributed by atoms with Crippen molar-refractivity contribution >= 4 is 0 Å². The Labute approximate surface area is 82.5 Å². The molecule has 5 heteroatoms. The van der Waals surface area contributed by atoms with Gasteiger partial charge in [-0.25, -0.2) is 0 Å². The first-order chi connectivity index (χ1) is 6.92. The van der Waals surface area contributed by atoms with Crippen molar-refractivity contribution in [3.8, 4) is 0 Å². The molecular weight excluding hydrogens is 180 g/mol. The van der Waals surface area contributed by atoms with E-state index < -0.39 is 0 Å². The van der Waals surface area contributed by atoms with E-state index in [0.29, 0.717) is 0 Å². The van der Waals surface area contributed by atoms with Gasteiger partial charge >= 0.3 is 0 Å². The summed E-state index contributed by atoms with van der Waals surface area (Å²) in [5, 5.41) is 13.8. The van der Waals surface area contributed by atoms with Crippen molar-refractivity contribution in [3.63, 3.8) is 0 Å². The standard InChI is InChI=1S/C9H14N4O/c1-2-10-9(7-6-11-13-12-7)8-4-3-5-14-8/h4,6,9-10H,2-3,5H2,1H3,(H,11,12,13). The molecule has 0 amide bonds. The van der Waals surface area contributed by atoms with Crippen LogP contribution < -0.4 is 5.32 Å². The summed E-state index contributed by atoms with van der Waals surface area (Å²) < 4.78 is 5.51. The molecule has 0 aliphatic carbocycles. The van der Waals surface area contributed by atoms with E-state index in [1.165, 1.54) is 0 Å². The smallest absolute Gasteiger partial charge is 0.115 e. The second-order valence-electron chi connectivity index (χ2n) is 3.13. The second kappa shape index (κ2) is 4.23. The lowest BCUT2D eigenvalue weighted by Crippen LogP contribution is -2.23. The molecule has 1 aromatic heterocycles. The third-order valence-electron chi connectivity index (χ3n) is 2.15. The number of rotatable bonds is 4. The van der Waals surface area contributed by atoms with E-state index in [9.17, 15) is 0 Å². The van der Waals surface area contributed by atoms with E-state index in [-0.39, 0.29) is 6.04 Å². The summed E-state index contributed by atoms with van der Waals surface area (Å²) in [5.74, 6) is 0.959. The molecule has 0 spiro atoms. The van der Waals surface area contributed by atoms with Crippen molar-refractivity contribution in [2.24, 2.45) is 0 Å². The number of hydrogen-bond donors (Lipinski definition) is 2. The fraction of sp³-hybridized carbons (Fsp3) is 0.556. The summed E-state index contributed by atoms with van der Waals surface area (Å²) in [6.45, 7) is 3.70. The second-order valence-corrected chi connectivity index (χ2v) is 3.13. The van der Waals surface area contributed by atoms with Gasteiger partial charge in [0, 0.05) is 6.42 Å². The Kier molecular flexibility index (Phi) is 2.78. The zero-order valence-corrected chi connectivity index (χ0v) is 8.16. The molecule has 1 unspecified atom stereocenters. The molecule has 76 valence electrons. The highest BCUT2D eigenvalue weighted by Gasteiger charge is 2.21. The van der Waals surface area contributed by atoms with Crippen molar-refractivity contribution in [1.29, 1.82) is 0 Å². The van der Waals surface area contributed by atoms with Gasteiger partial charge in [0.2, 0.25) is 0 Å². The zero-order valence-electron chi connectivity index (χ0n) is 8.16. The summed E-state index contributed by atoms with van der Waals surface area (Å²) in [6, 6.07) is 0.0428. The Bertz CT molecular complexity index is 307. The number of H-pyrrole nitrogens is 1. The summed E-state index contributed by atoms with van der Waals surface area (Å²) >= 11 is 0. The van der Waals surface area contributed by atoms with E-state index in [1.54, 1.807) is 6.20 Å². The number of ether oxygens (including phenoxy) is 1. The third kappa shape index (κ3) is 1.77. The third-order valence-corrected chi connectivity index (χ3v) is 2.15. The lowest BCUT2D eigenvalue weighted by molar-refractivity contribution is 0.215. The first-order valence-electron chi connectivity index (χ1n) is 4.83. The van der Waals surface area contributed by atoms with Crippen molar-refractivity contribution in [2.75, 3.05) is 13.2 Å². The molecule has 0 saturated carbocycles. The fourth-order valence-electron chi connectivity index (χ4n) is 1.54. The topological polar surface area (TPSA) is 62.8 Å². The minimum atomic E-state index is 0.0428. The number of likely N-dealkylation sites (N-methyl/N-ethyl adjacent to an activating group) is 1. The lowest BCUT2D eigenvalue weighted by Gasteiger charge is -2.16. The van der Waals surface area contributed by atoms with Crippen LogP contribution in [0.3, 0.4) is 0 Å². The Morgan fingerprint density at radius 1 is 1.71 bits per heavy atom. The average molecular weight is 194 g/mol. The molecule has 5 nitrogen and oxygen atoms in total. The highest BCUT2D eigenvalue weighted by Crippen LogP contribution is 2.24. The SMILES string of the molecule is CCNC(C1=CCCO1)c1cn[nH]n1. The summed E-state index contributed by atoms with van der Waals surface area (Å²) in [6.07, 6.45) is 4.80. The summed E-state index contributed by atoms with van der Waals surface area (Å²) in [5.41, 5.74) is 0.875. The van der Waals surface area contributed by atoms with Crippen LogP contribution in [0.4, 0.5) is 0 Å². The van der Waals surface area contributed by atoms with Gasteiger partial charge in [-0.1, -0.05) is 6.92 Å². The predicted molar refractivity (Wildman–Crippen MR) is 51.5 cm³/mol. The maximum atomic E-state index is 5.51. The van der Waals surface area contributed by atoms with Crippen LogP contribution in [-0.2, 0) is 4.74 Å². The first-order valence-corrected chi connectivity index (χ1v) is 4.83. The van der Waals surface area contributed by atoms with Gasteiger partial charge in [0.05, 0.1) is 12.8 Å². The molecule has 0 radical (unpaired) electrons. The predicted octanol–water partition coefficient (Wildman–Crippen LogP) is 0.759. The van der Waals surface area contributed by atoms with E-state index in [1.807, 2.05) is 0 Å². The van der Waals surface area contributed by atoms with Crippen LogP contribution in [-0.4, -0.2) is 28.6 Å². The van der Waals surface area contributed by atoms with Gasteiger partial charge in [-0.15, -0.1) is 0 Å². The van der Waals surface area contributed by atoms with Crippen molar-refractivity contribution in [3.05, 3.63) is 23.7 Å². The van der Waals surface area contributed by atoms with E-state index in [0.717, 1.165) is 31.0 Å². The molecule has 2 heterocycles. The van der Waals surface area contributed by atoms with Gasteiger partial charge in [0.15, 0.2) is 0 Å². The molecule has 1 aliphatic heterocycles. The Balaban J connectivity index is 2.15. The molecule has 1 aliphatic rings. The number of aromatic nitrogens is 3. The Hall–Kier alpha value is -1.36. The zero-order chi connectivity index (χ0) is 9.80. The van der Waals surface area contributed by atoms with Crippen LogP contribution in [0.25, 0.3) is 0 Å². The van der Waals surface area contributed by atoms with Gasteiger partial charge in [0.25, 0.3) is 0 Å². The van der Waals surface area contributed by atoms with E-state index in [2.05, 4.69) is 33.7 Å². The van der Waals surface area contributed by atoms with E-state index >= 15 is 0 Å². The fourth-order valence-corrected chi connectivity index (χ4v) is 1.54. The Morgan fingerprint density at radius 2 is 2.64 bits per heavy atom. The highest BCUT2D eigenvalue weighted by atomic mass is 16.5. The average Bonchev–Trinajstić information content (AvgIpc) is 2.87. The van der Waals surface area contributed by atoms with Crippen LogP contribution in [0.15, 0.2) is 18.0 Å². The molecule has 2 N–H and O–H groups in total. The summed E-state index contributed by atoms with van der Waals surface area (Å²) in [4.78, 5) is 0. The number of hydrogen-bond acceptors (Lipinski definition) is 4. The van der Waals surface area contributed by atoms with Crippen molar-refractivity contribution in [1.82, 2.24) is 20.7 Å². The quantitative estimate of drug-likeness (QED) is 0.742. The van der Waals surface area contributed by atoms with Crippen LogP contribution in [0.1, 0.15) is 25.1 Å². The number of nitrogens with one attached hydrogen (secondary N) is 2. The molecule has 0 aromatic carbocycles. The molecule has 1 atom stereocenters. The van der Waals surface area contributed by atoms with Crippen molar-refractivity contribution < 1.29 is 4.74 Å². The number of aromatic amines is 1. The molecular formula is C9H14N4O. The molecule has 0 saturated heterocycles. The highest BCUT2D eigenvalue weighted by molar-refractivity contribution is 5.17. The van der Waals surface area contributed by atoms with Gasteiger partial charge < -0.3 is 10.1 Å². The molecule has 1 aromatic rings. The largest absolute Gasteiger partial charge is 0.496 e. The van der Waals surface area contributed by atoms with Crippen LogP contribution in [0.2, 0.25) is 0 Å². The van der Waals surface area contributed by atoms with Gasteiger partial charge in [-0.2, -0.15) is 15.4 Å². The van der Waals surface area contributed by atoms with Gasteiger partial charge in [0.1, 0.15) is 17.5 Å². The molecule has 2 rings (SSSR count). The van der Waals surface area contributed by atoms with Crippen molar-refractivity contribution in [2.45, 2.75) is 19.4 Å². The van der Waals surface area contributed by atoms with Gasteiger partial charge in [-0.3, -0.25) is 0 Å². The summed E-state index contributed by atoms with van der Waals surface area (Å²) in [7, 11) is 0. The van der Waals surface area contributed by atoms with Gasteiger partial charge in [-0.05, 0) is 12.6 Å². The van der Waals surface area contributed by atoms with E-state index in [4.69, 9.17) is 4.74 Å². The maximum absolute atomic E-state index is 5.51. The maximum Gasteiger partial charge on any atom is 0.115 e. The molecule has 0 bridgehead atoms. The van der Waals surface area contributed by atoms with Crippen LogP contribution in [0, 0.1) is 0 Å². The Morgan fingerprint density at radius 3 is 3.21 bits per heavy atom. The first kappa shape index (κ1) is 9.21. The monoisotopic (exact) mass is 194 g/mol. The molecule has 14 heavy (non-hydrogen) atoms. The minimum Gasteiger partial charge on any atom is -0.496 e. The molecule has 0 fully saturated rings. The van der Waals surface area contributed by atoms with Crippen LogP contribution >= 0.6 is 0 Å².